The fraction of sp³-hybridized carbons (Fsp3) is 0.125. The highest BCUT2D eigenvalue weighted by Gasteiger charge is 2.23. The lowest BCUT2D eigenvalue weighted by Gasteiger charge is -2.12. The highest BCUT2D eigenvalue weighted by molar-refractivity contribution is 7.95. The molecule has 4 N–H and O–H groups in total. The molecular formula is C16H17N3O6S2. The number of amides is 2. The number of rotatable bonds is 7. The smallest absolute Gasteiger partial charge is 0.263 e. The van der Waals surface area contributed by atoms with E-state index >= 15 is 0 Å². The Morgan fingerprint density at radius 2 is 1.59 bits per heavy atom. The van der Waals surface area contributed by atoms with Crippen LogP contribution in [-0.2, 0) is 24.7 Å². The van der Waals surface area contributed by atoms with E-state index in [-0.39, 0.29) is 22.7 Å². The number of carbonyl (C=O) groups excluding carboxylic acids is 2. The van der Waals surface area contributed by atoms with Crippen molar-refractivity contribution < 1.29 is 26.4 Å². The third-order valence-corrected chi connectivity index (χ3v) is 6.06. The van der Waals surface area contributed by atoms with E-state index in [1.807, 2.05) is 0 Å². The van der Waals surface area contributed by atoms with Gasteiger partial charge in [-0.1, -0.05) is 18.2 Å². The molecular weight excluding hydrogens is 394 g/mol. The molecule has 0 atom stereocenters. The lowest BCUT2D eigenvalue weighted by atomic mass is 10.2. The Hall–Kier alpha value is -2.92. The van der Waals surface area contributed by atoms with Crippen LogP contribution in [0.4, 0.5) is 5.69 Å². The average molecular weight is 411 g/mol. The van der Waals surface area contributed by atoms with Gasteiger partial charge in [-0.05, 0) is 30.3 Å². The molecule has 2 aromatic rings. The number of primary amides is 1. The molecule has 2 aromatic carbocycles. The second-order valence-electron chi connectivity index (χ2n) is 5.55. The van der Waals surface area contributed by atoms with Gasteiger partial charge in [0.25, 0.3) is 15.9 Å². The molecule has 2 rings (SSSR count). The molecule has 144 valence electrons. The Morgan fingerprint density at radius 1 is 0.963 bits per heavy atom. The predicted octanol–water partition coefficient (Wildman–Crippen LogP) is 0.106. The van der Waals surface area contributed by atoms with Gasteiger partial charge in [0, 0.05) is 17.5 Å². The number of nitrogens with two attached hydrogens (primary N) is 1. The Morgan fingerprint density at radius 3 is 2.19 bits per heavy atom. The lowest BCUT2D eigenvalue weighted by molar-refractivity contribution is -0.117. The molecule has 27 heavy (non-hydrogen) atoms. The summed E-state index contributed by atoms with van der Waals surface area (Å²) in [7, 11) is -8.00. The van der Waals surface area contributed by atoms with Crippen LogP contribution in [0, 0.1) is 0 Å². The van der Waals surface area contributed by atoms with E-state index < -0.39 is 36.6 Å². The summed E-state index contributed by atoms with van der Waals surface area (Å²) in [4.78, 5) is 21.9. The standard InChI is InChI=1S/C16H17N3O6S2/c1-26(22,23)13-7-2-3-8-14(13)27(24,25)19-12-6-4-5-11(9-12)16(21)18-10-15(17)20/h2-9,19H,10H2,1H3,(H2,17,20)(H,18,21). The molecule has 0 fully saturated rings. The largest absolute Gasteiger partial charge is 0.368 e. The summed E-state index contributed by atoms with van der Waals surface area (Å²) >= 11 is 0. The van der Waals surface area contributed by atoms with Crippen LogP contribution in [0.2, 0.25) is 0 Å². The van der Waals surface area contributed by atoms with Crippen molar-refractivity contribution >= 4 is 37.4 Å². The first-order valence-corrected chi connectivity index (χ1v) is 10.9. The van der Waals surface area contributed by atoms with Crippen molar-refractivity contribution in [2.45, 2.75) is 9.79 Å². The summed E-state index contributed by atoms with van der Waals surface area (Å²) in [5.41, 5.74) is 5.09. The van der Waals surface area contributed by atoms with Crippen molar-refractivity contribution in [3.8, 4) is 0 Å². The van der Waals surface area contributed by atoms with Crippen molar-refractivity contribution in [3.63, 3.8) is 0 Å². The van der Waals surface area contributed by atoms with Crippen LogP contribution in [0.3, 0.4) is 0 Å². The monoisotopic (exact) mass is 411 g/mol. The number of hydrogen-bond acceptors (Lipinski definition) is 6. The Kier molecular flexibility index (Phi) is 5.86. The van der Waals surface area contributed by atoms with Gasteiger partial charge in [0.2, 0.25) is 5.91 Å². The minimum Gasteiger partial charge on any atom is -0.368 e. The normalized spacial score (nSPS) is 11.6. The molecule has 0 radical (unpaired) electrons. The van der Waals surface area contributed by atoms with Crippen molar-refractivity contribution in [1.82, 2.24) is 5.32 Å². The molecule has 0 saturated heterocycles. The van der Waals surface area contributed by atoms with Crippen LogP contribution in [-0.4, -0.2) is 41.5 Å². The summed E-state index contributed by atoms with van der Waals surface area (Å²) in [6.07, 6.45) is 0.908. The predicted molar refractivity (Wildman–Crippen MR) is 98.3 cm³/mol. The zero-order chi connectivity index (χ0) is 20.2. The maximum absolute atomic E-state index is 12.6. The van der Waals surface area contributed by atoms with Crippen LogP contribution in [0.25, 0.3) is 0 Å². The Balaban J connectivity index is 2.34. The van der Waals surface area contributed by atoms with Gasteiger partial charge >= 0.3 is 0 Å². The number of nitrogens with one attached hydrogen (secondary N) is 2. The van der Waals surface area contributed by atoms with Crippen LogP contribution in [0.1, 0.15) is 10.4 Å². The maximum Gasteiger partial charge on any atom is 0.263 e. The summed E-state index contributed by atoms with van der Waals surface area (Å²) in [6.45, 7) is -0.365. The van der Waals surface area contributed by atoms with E-state index in [4.69, 9.17) is 5.73 Å². The number of anilines is 1. The first kappa shape index (κ1) is 20.4. The number of benzene rings is 2. The fourth-order valence-electron chi connectivity index (χ4n) is 2.18. The summed E-state index contributed by atoms with van der Waals surface area (Å²) in [5, 5.41) is 2.28. The molecule has 0 aliphatic carbocycles. The Labute approximate surface area is 156 Å². The van der Waals surface area contributed by atoms with Crippen LogP contribution >= 0.6 is 0 Å². The van der Waals surface area contributed by atoms with Gasteiger partial charge in [0.05, 0.1) is 11.4 Å². The SMILES string of the molecule is CS(=O)(=O)c1ccccc1S(=O)(=O)Nc1cccc(C(=O)NCC(N)=O)c1. The number of carbonyl (C=O) groups is 2. The maximum atomic E-state index is 12.6. The van der Waals surface area contributed by atoms with Gasteiger partial charge < -0.3 is 11.1 Å². The van der Waals surface area contributed by atoms with Crippen molar-refractivity contribution in [1.29, 1.82) is 0 Å². The van der Waals surface area contributed by atoms with E-state index in [1.54, 1.807) is 0 Å². The zero-order valence-electron chi connectivity index (χ0n) is 14.2. The Bertz CT molecular complexity index is 1090. The second-order valence-corrected chi connectivity index (χ2v) is 9.19. The van der Waals surface area contributed by atoms with E-state index in [1.165, 1.54) is 48.5 Å². The molecule has 0 aliphatic heterocycles. The van der Waals surface area contributed by atoms with Gasteiger partial charge in [-0.3, -0.25) is 14.3 Å². The van der Waals surface area contributed by atoms with Gasteiger partial charge in [0.1, 0.15) is 4.90 Å². The van der Waals surface area contributed by atoms with Gasteiger partial charge in [-0.2, -0.15) is 0 Å². The first-order valence-electron chi connectivity index (χ1n) is 7.49. The minimum absolute atomic E-state index is 0.0463. The van der Waals surface area contributed by atoms with Crippen molar-refractivity contribution in [2.24, 2.45) is 5.73 Å². The van der Waals surface area contributed by atoms with E-state index in [0.29, 0.717) is 0 Å². The third kappa shape index (κ3) is 5.28. The van der Waals surface area contributed by atoms with Gasteiger partial charge in [-0.25, -0.2) is 16.8 Å². The van der Waals surface area contributed by atoms with Crippen LogP contribution < -0.4 is 15.8 Å². The molecule has 0 aliphatic rings. The number of hydrogen-bond donors (Lipinski definition) is 3. The van der Waals surface area contributed by atoms with E-state index in [9.17, 15) is 26.4 Å². The first-order chi connectivity index (χ1) is 12.5. The molecule has 0 aromatic heterocycles. The quantitative estimate of drug-likeness (QED) is 0.588. The average Bonchev–Trinajstić information content (AvgIpc) is 2.58. The molecule has 0 bridgehead atoms. The molecule has 0 unspecified atom stereocenters. The molecule has 9 nitrogen and oxygen atoms in total. The van der Waals surface area contributed by atoms with Crippen molar-refractivity contribution in [3.05, 3.63) is 54.1 Å². The second kappa shape index (κ2) is 7.76. The highest BCUT2D eigenvalue weighted by atomic mass is 32.2. The summed E-state index contributed by atoms with van der Waals surface area (Å²) < 4.78 is 51.2. The fourth-order valence-corrected chi connectivity index (χ4v) is 4.86. The summed E-state index contributed by atoms with van der Waals surface area (Å²) in [5.74, 6) is -1.34. The van der Waals surface area contributed by atoms with E-state index in [0.717, 1.165) is 6.26 Å². The lowest BCUT2D eigenvalue weighted by Crippen LogP contribution is -2.33. The molecule has 11 heteroatoms. The van der Waals surface area contributed by atoms with Crippen LogP contribution in [0.5, 0.6) is 0 Å². The molecule has 0 saturated carbocycles. The topological polar surface area (TPSA) is 152 Å². The van der Waals surface area contributed by atoms with Gasteiger partial charge in [0.15, 0.2) is 9.84 Å². The molecule has 0 heterocycles. The van der Waals surface area contributed by atoms with Gasteiger partial charge in [-0.15, -0.1) is 0 Å². The minimum atomic E-state index is -4.23. The summed E-state index contributed by atoms with van der Waals surface area (Å²) in [6, 6.07) is 10.7. The van der Waals surface area contributed by atoms with E-state index in [2.05, 4.69) is 10.0 Å². The zero-order valence-corrected chi connectivity index (χ0v) is 15.8. The number of sulfonamides is 1. The molecule has 2 amide bonds. The highest BCUT2D eigenvalue weighted by Crippen LogP contribution is 2.23. The number of sulfone groups is 1. The third-order valence-electron chi connectivity index (χ3n) is 3.34. The van der Waals surface area contributed by atoms with Crippen LogP contribution in [0.15, 0.2) is 58.3 Å². The van der Waals surface area contributed by atoms with Crippen molar-refractivity contribution in [2.75, 3.05) is 17.5 Å². The molecule has 0 spiro atoms.